The predicted octanol–water partition coefficient (Wildman–Crippen LogP) is 2.55. The van der Waals surface area contributed by atoms with E-state index in [1.54, 1.807) is 0 Å². The summed E-state index contributed by atoms with van der Waals surface area (Å²) in [5, 5.41) is 3.20. The van der Waals surface area contributed by atoms with Gasteiger partial charge in [0.25, 0.3) is 0 Å². The molecular weight excluding hydrogens is 266 g/mol. The van der Waals surface area contributed by atoms with Gasteiger partial charge in [0.05, 0.1) is 0 Å². The van der Waals surface area contributed by atoms with Gasteiger partial charge >= 0.3 is 0 Å². The summed E-state index contributed by atoms with van der Waals surface area (Å²) >= 11 is 3.48. The van der Waals surface area contributed by atoms with Crippen molar-refractivity contribution in [2.45, 2.75) is 25.8 Å². The van der Waals surface area contributed by atoms with Gasteiger partial charge in [0.15, 0.2) is 0 Å². The average Bonchev–Trinajstić information content (AvgIpc) is 2.31. The third-order valence-corrected chi connectivity index (χ3v) is 3.37. The molecule has 0 spiro atoms. The molecule has 0 bridgehead atoms. The zero-order chi connectivity index (χ0) is 11.4. The maximum Gasteiger partial charge on any atom is 0.133 e. The number of nitrogens with one attached hydrogen (secondary N) is 1. The van der Waals surface area contributed by atoms with E-state index in [9.17, 15) is 0 Å². The van der Waals surface area contributed by atoms with Gasteiger partial charge in [0.1, 0.15) is 5.82 Å². The average molecular weight is 284 g/mol. The minimum atomic E-state index is 0.873. The van der Waals surface area contributed by atoms with Crippen LogP contribution >= 0.6 is 15.9 Å². The van der Waals surface area contributed by atoms with Crippen LogP contribution in [0, 0.1) is 0 Å². The molecule has 1 aromatic heterocycles. The van der Waals surface area contributed by atoms with Crippen molar-refractivity contribution in [2.75, 3.05) is 25.0 Å². The number of piperidine rings is 1. The number of hydrogen-bond donors (Lipinski definition) is 1. The lowest BCUT2D eigenvalue weighted by atomic mass is 10.1. The predicted molar refractivity (Wildman–Crippen MR) is 70.8 cm³/mol. The first-order valence-electron chi connectivity index (χ1n) is 5.85. The zero-order valence-corrected chi connectivity index (χ0v) is 11.3. The summed E-state index contributed by atoms with van der Waals surface area (Å²) in [4.78, 5) is 6.96. The fraction of sp³-hybridized carbons (Fsp3) is 0.583. The van der Waals surface area contributed by atoms with Gasteiger partial charge in [-0.3, -0.25) is 0 Å². The molecule has 1 saturated heterocycles. The van der Waals surface area contributed by atoms with Crippen molar-refractivity contribution in [2.24, 2.45) is 0 Å². The molecule has 1 N–H and O–H groups in total. The molecule has 88 valence electrons. The Morgan fingerprint density at radius 3 is 2.81 bits per heavy atom. The molecule has 0 saturated carbocycles. The van der Waals surface area contributed by atoms with Crippen LogP contribution in [0.25, 0.3) is 0 Å². The van der Waals surface area contributed by atoms with Crippen molar-refractivity contribution in [3.8, 4) is 0 Å². The monoisotopic (exact) mass is 283 g/mol. The van der Waals surface area contributed by atoms with Gasteiger partial charge in [-0.2, -0.15) is 0 Å². The highest BCUT2D eigenvalue weighted by Crippen LogP contribution is 2.24. The fourth-order valence-electron chi connectivity index (χ4n) is 2.18. The second-order valence-electron chi connectivity index (χ2n) is 4.21. The Balaban J connectivity index is 2.23. The highest BCUT2D eigenvalue weighted by atomic mass is 79.9. The number of pyridine rings is 1. The summed E-state index contributed by atoms with van der Waals surface area (Å²) < 4.78 is 1.05. The third kappa shape index (κ3) is 2.74. The minimum Gasteiger partial charge on any atom is -0.356 e. The first-order valence-corrected chi connectivity index (χ1v) is 6.64. The van der Waals surface area contributed by atoms with E-state index in [1.165, 1.54) is 24.8 Å². The number of anilines is 1. The normalized spacial score (nSPS) is 16.5. The second kappa shape index (κ2) is 5.64. The van der Waals surface area contributed by atoms with Crippen LogP contribution in [-0.2, 0) is 6.54 Å². The van der Waals surface area contributed by atoms with Crippen molar-refractivity contribution in [1.82, 2.24) is 10.3 Å². The maximum atomic E-state index is 4.56. The lowest BCUT2D eigenvalue weighted by molar-refractivity contribution is 0.570. The quantitative estimate of drug-likeness (QED) is 0.924. The summed E-state index contributed by atoms with van der Waals surface area (Å²) in [5.74, 6) is 1.15. The second-order valence-corrected chi connectivity index (χ2v) is 5.13. The van der Waals surface area contributed by atoms with Crippen LogP contribution in [0.4, 0.5) is 5.82 Å². The van der Waals surface area contributed by atoms with Crippen LogP contribution in [0.5, 0.6) is 0 Å². The van der Waals surface area contributed by atoms with Crippen LogP contribution < -0.4 is 10.2 Å². The maximum absolute atomic E-state index is 4.56. The summed E-state index contributed by atoms with van der Waals surface area (Å²) in [6, 6.07) is 2.16. The molecule has 4 heteroatoms. The summed E-state index contributed by atoms with van der Waals surface area (Å²) in [7, 11) is 1.97. The van der Waals surface area contributed by atoms with E-state index >= 15 is 0 Å². The van der Waals surface area contributed by atoms with Gasteiger partial charge in [-0.15, -0.1) is 0 Å². The van der Waals surface area contributed by atoms with E-state index in [4.69, 9.17) is 0 Å². The first kappa shape index (κ1) is 11.9. The van der Waals surface area contributed by atoms with Crippen LogP contribution in [0.3, 0.4) is 0 Å². The van der Waals surface area contributed by atoms with Gasteiger partial charge < -0.3 is 10.2 Å². The van der Waals surface area contributed by atoms with Crippen molar-refractivity contribution in [1.29, 1.82) is 0 Å². The highest BCUT2D eigenvalue weighted by molar-refractivity contribution is 9.10. The summed E-state index contributed by atoms with van der Waals surface area (Å²) in [6.45, 7) is 3.16. The lowest BCUT2D eigenvalue weighted by Crippen LogP contribution is -2.31. The Bertz CT molecular complexity index is 348. The smallest absolute Gasteiger partial charge is 0.133 e. The third-order valence-electron chi connectivity index (χ3n) is 2.93. The van der Waals surface area contributed by atoms with E-state index in [-0.39, 0.29) is 0 Å². The molecule has 1 fully saturated rings. The van der Waals surface area contributed by atoms with Crippen LogP contribution in [-0.4, -0.2) is 25.1 Å². The Morgan fingerprint density at radius 2 is 2.12 bits per heavy atom. The van der Waals surface area contributed by atoms with Crippen LogP contribution in [0.15, 0.2) is 16.7 Å². The number of rotatable bonds is 3. The van der Waals surface area contributed by atoms with Crippen molar-refractivity contribution < 1.29 is 0 Å². The van der Waals surface area contributed by atoms with Crippen LogP contribution in [0.1, 0.15) is 24.8 Å². The summed E-state index contributed by atoms with van der Waals surface area (Å²) in [5.41, 5.74) is 1.28. The zero-order valence-electron chi connectivity index (χ0n) is 9.67. The van der Waals surface area contributed by atoms with E-state index in [0.29, 0.717) is 0 Å². The van der Waals surface area contributed by atoms with Gasteiger partial charge in [-0.05, 0) is 48.3 Å². The first-order chi connectivity index (χ1) is 7.81. The molecule has 0 aliphatic carbocycles. The topological polar surface area (TPSA) is 28.2 Å². The van der Waals surface area contributed by atoms with Crippen molar-refractivity contribution >= 4 is 21.7 Å². The van der Waals surface area contributed by atoms with Crippen LogP contribution in [0.2, 0.25) is 0 Å². The van der Waals surface area contributed by atoms with Crippen molar-refractivity contribution in [3.05, 3.63) is 22.3 Å². The molecule has 2 rings (SSSR count). The Labute approximate surface area is 105 Å². The largest absolute Gasteiger partial charge is 0.356 e. The molecule has 2 heterocycles. The summed E-state index contributed by atoms with van der Waals surface area (Å²) in [6.07, 6.45) is 5.82. The Kier molecular flexibility index (Phi) is 4.18. The highest BCUT2D eigenvalue weighted by Gasteiger charge is 2.15. The molecule has 1 aliphatic rings. The van der Waals surface area contributed by atoms with Gasteiger partial charge in [-0.1, -0.05) is 0 Å². The SMILES string of the molecule is CNCc1cc(Br)cnc1N1CCCCC1. The molecule has 0 amide bonds. The number of aromatic nitrogens is 1. The molecule has 1 aliphatic heterocycles. The molecule has 0 aromatic carbocycles. The van der Waals surface area contributed by atoms with Crippen molar-refractivity contribution in [3.63, 3.8) is 0 Å². The molecule has 3 nitrogen and oxygen atoms in total. The fourth-order valence-corrected chi connectivity index (χ4v) is 2.56. The van der Waals surface area contributed by atoms with E-state index in [2.05, 4.69) is 37.2 Å². The van der Waals surface area contributed by atoms with Gasteiger partial charge in [0, 0.05) is 35.9 Å². The Morgan fingerprint density at radius 1 is 1.38 bits per heavy atom. The molecule has 0 atom stereocenters. The van der Waals surface area contributed by atoms with Gasteiger partial charge in [-0.25, -0.2) is 4.98 Å². The molecule has 0 radical (unpaired) electrons. The van der Waals surface area contributed by atoms with E-state index < -0.39 is 0 Å². The molecular formula is C12H18BrN3. The minimum absolute atomic E-state index is 0.873. The standard InChI is InChI=1S/C12H18BrN3/c1-14-8-10-7-11(13)9-15-12(10)16-5-3-2-4-6-16/h7,9,14H,2-6,8H2,1H3. The number of nitrogens with zero attached hydrogens (tertiary/aromatic N) is 2. The Hall–Kier alpha value is -0.610. The number of hydrogen-bond acceptors (Lipinski definition) is 3. The van der Waals surface area contributed by atoms with Gasteiger partial charge in [0.2, 0.25) is 0 Å². The van der Waals surface area contributed by atoms with E-state index in [1.807, 2.05) is 13.2 Å². The molecule has 0 unspecified atom stereocenters. The molecule has 16 heavy (non-hydrogen) atoms. The number of halogens is 1. The lowest BCUT2D eigenvalue weighted by Gasteiger charge is -2.29. The molecule has 1 aromatic rings. The van der Waals surface area contributed by atoms with E-state index in [0.717, 1.165) is 29.9 Å².